The van der Waals surface area contributed by atoms with Gasteiger partial charge in [0.05, 0.1) is 5.56 Å². The third-order valence-corrected chi connectivity index (χ3v) is 1.78. The molecular weight excluding hydrogens is 192 g/mol. The van der Waals surface area contributed by atoms with Crippen molar-refractivity contribution in [2.24, 2.45) is 5.73 Å². The second kappa shape index (κ2) is 3.42. The van der Waals surface area contributed by atoms with Gasteiger partial charge >= 0.3 is 0 Å². The van der Waals surface area contributed by atoms with Crippen LogP contribution in [-0.4, -0.2) is 16.1 Å². The first kappa shape index (κ1) is 9.49. The molecule has 0 radical (unpaired) electrons. The Balaban J connectivity index is 3.39. The van der Waals surface area contributed by atoms with Crippen LogP contribution in [0.2, 0.25) is 0 Å². The lowest BCUT2D eigenvalue weighted by molar-refractivity contribution is 0.0999. The number of aromatic amines is 1. The zero-order valence-electron chi connectivity index (χ0n) is 6.50. The molecule has 13 heavy (non-hydrogen) atoms. The number of hydrogen-bond donors (Lipinski definition) is 5. The number of hydrogen-bond acceptors (Lipinski definition) is 5. The van der Waals surface area contributed by atoms with Gasteiger partial charge in [0, 0.05) is 0 Å². The molecule has 0 atom stereocenters. The summed E-state index contributed by atoms with van der Waals surface area (Å²) in [6.45, 7) is 0. The second-order valence-electron chi connectivity index (χ2n) is 2.32. The number of nitrogens with two attached hydrogens (primary N) is 2. The molecule has 0 saturated carbocycles. The number of anilines is 2. The van der Waals surface area contributed by atoms with Crippen LogP contribution < -0.4 is 16.9 Å². The van der Waals surface area contributed by atoms with E-state index >= 15 is 0 Å². The largest absolute Gasteiger partial charge is 0.383 e. The molecule has 7 heteroatoms. The quantitative estimate of drug-likeness (QED) is 0.346. The van der Waals surface area contributed by atoms with Crippen LogP contribution in [0.1, 0.15) is 10.4 Å². The van der Waals surface area contributed by atoms with Crippen molar-refractivity contribution in [1.82, 2.24) is 4.98 Å². The fraction of sp³-hybridized carbons (Fsp3) is 0. The number of carbonyl (C=O) groups is 1. The van der Waals surface area contributed by atoms with Gasteiger partial charge in [0.25, 0.3) is 5.91 Å². The topological polar surface area (TPSA) is 117 Å². The van der Waals surface area contributed by atoms with Gasteiger partial charge in [0.15, 0.2) is 0 Å². The number of carbonyl (C=O) groups excluding carboxylic acids is 1. The summed E-state index contributed by atoms with van der Waals surface area (Å²) in [5, 5.41) is 8.58. The molecule has 1 aromatic heterocycles. The maximum atomic E-state index is 10.8. The summed E-state index contributed by atoms with van der Waals surface area (Å²) in [7, 11) is 0. The van der Waals surface area contributed by atoms with E-state index in [0.717, 1.165) is 0 Å². The van der Waals surface area contributed by atoms with Gasteiger partial charge in [0.1, 0.15) is 16.1 Å². The Kier molecular flexibility index (Phi) is 2.49. The fourth-order valence-corrected chi connectivity index (χ4v) is 1.09. The molecule has 1 heterocycles. The van der Waals surface area contributed by atoms with Gasteiger partial charge in [-0.25, -0.2) is 0 Å². The number of pyridine rings is 1. The molecule has 1 aromatic rings. The summed E-state index contributed by atoms with van der Waals surface area (Å²) >= 11 is 4.78. The van der Waals surface area contributed by atoms with Crippen molar-refractivity contribution < 1.29 is 10.0 Å². The number of rotatable bonds is 2. The summed E-state index contributed by atoms with van der Waals surface area (Å²) in [6, 6.07) is 1.27. The summed E-state index contributed by atoms with van der Waals surface area (Å²) in [5.41, 5.74) is 12.5. The average molecular weight is 200 g/mol. The number of nitrogens with one attached hydrogen (secondary N) is 2. The first-order valence-electron chi connectivity index (χ1n) is 3.29. The van der Waals surface area contributed by atoms with Gasteiger partial charge in [-0.15, -0.1) is 0 Å². The Morgan fingerprint density at radius 3 is 2.77 bits per heavy atom. The van der Waals surface area contributed by atoms with Crippen molar-refractivity contribution in [3.05, 3.63) is 16.3 Å². The van der Waals surface area contributed by atoms with Crippen molar-refractivity contribution in [2.75, 3.05) is 11.2 Å². The Morgan fingerprint density at radius 1 is 1.69 bits per heavy atom. The highest BCUT2D eigenvalue weighted by molar-refractivity contribution is 7.71. The fourth-order valence-electron chi connectivity index (χ4n) is 0.820. The minimum atomic E-state index is -0.683. The third-order valence-electron chi connectivity index (χ3n) is 1.46. The molecule has 0 bridgehead atoms. The maximum Gasteiger partial charge on any atom is 0.251 e. The molecule has 0 saturated heterocycles. The van der Waals surface area contributed by atoms with Crippen molar-refractivity contribution in [3.8, 4) is 0 Å². The molecule has 0 aromatic carbocycles. The molecule has 0 fully saturated rings. The van der Waals surface area contributed by atoms with E-state index in [-0.39, 0.29) is 21.7 Å². The second-order valence-corrected chi connectivity index (χ2v) is 2.72. The van der Waals surface area contributed by atoms with E-state index in [1.807, 2.05) is 5.48 Å². The molecular formula is C6H8N4O2S. The first-order valence-corrected chi connectivity index (χ1v) is 3.69. The van der Waals surface area contributed by atoms with Gasteiger partial charge in [0.2, 0.25) is 0 Å². The molecule has 0 unspecified atom stereocenters. The van der Waals surface area contributed by atoms with Gasteiger partial charge in [-0.05, 0) is 6.07 Å². The highest BCUT2D eigenvalue weighted by atomic mass is 32.1. The monoisotopic (exact) mass is 200 g/mol. The van der Waals surface area contributed by atoms with Crippen LogP contribution >= 0.6 is 12.2 Å². The molecule has 0 aliphatic rings. The third kappa shape index (κ3) is 1.76. The summed E-state index contributed by atoms with van der Waals surface area (Å²) in [6.07, 6.45) is 0. The van der Waals surface area contributed by atoms with Crippen molar-refractivity contribution in [2.45, 2.75) is 0 Å². The van der Waals surface area contributed by atoms with Crippen LogP contribution in [-0.2, 0) is 0 Å². The molecule has 6 nitrogen and oxygen atoms in total. The molecule has 0 spiro atoms. The van der Waals surface area contributed by atoms with Crippen molar-refractivity contribution in [3.63, 3.8) is 0 Å². The van der Waals surface area contributed by atoms with Crippen molar-refractivity contribution in [1.29, 1.82) is 0 Å². The van der Waals surface area contributed by atoms with E-state index < -0.39 is 5.91 Å². The maximum absolute atomic E-state index is 10.8. The average Bonchev–Trinajstić information content (AvgIpc) is 2.03. The molecule has 1 rings (SSSR count). The van der Waals surface area contributed by atoms with E-state index in [9.17, 15) is 4.79 Å². The van der Waals surface area contributed by atoms with E-state index in [1.54, 1.807) is 0 Å². The van der Waals surface area contributed by atoms with Gasteiger partial charge in [-0.2, -0.15) is 0 Å². The minimum absolute atomic E-state index is 0.0979. The SMILES string of the molecule is NC(=O)c1cc(NO)c(N)[nH]c1=S. The Hall–Kier alpha value is -1.60. The number of aromatic nitrogens is 1. The minimum Gasteiger partial charge on any atom is -0.383 e. The Labute approximate surface area is 78.5 Å². The van der Waals surface area contributed by atoms with Crippen LogP contribution in [0, 0.1) is 4.64 Å². The number of nitrogen functional groups attached to an aromatic ring is 1. The first-order chi connectivity index (χ1) is 6.06. The van der Waals surface area contributed by atoms with E-state index in [0.29, 0.717) is 0 Å². The normalized spacial score (nSPS) is 9.62. The molecule has 0 aliphatic heterocycles. The van der Waals surface area contributed by atoms with Gasteiger partial charge < -0.3 is 16.5 Å². The van der Waals surface area contributed by atoms with E-state index in [2.05, 4.69) is 4.98 Å². The van der Waals surface area contributed by atoms with Gasteiger partial charge in [-0.3, -0.25) is 15.5 Å². The zero-order valence-corrected chi connectivity index (χ0v) is 7.31. The lowest BCUT2D eigenvalue weighted by Crippen LogP contribution is -2.13. The smallest absolute Gasteiger partial charge is 0.251 e. The van der Waals surface area contributed by atoms with Crippen LogP contribution in [0.3, 0.4) is 0 Å². The summed E-state index contributed by atoms with van der Waals surface area (Å²) in [4.78, 5) is 13.3. The van der Waals surface area contributed by atoms with E-state index in [4.69, 9.17) is 28.9 Å². The zero-order chi connectivity index (χ0) is 10.0. The van der Waals surface area contributed by atoms with Crippen molar-refractivity contribution >= 4 is 29.6 Å². The molecule has 1 amide bonds. The number of primary amides is 1. The highest BCUT2D eigenvalue weighted by Crippen LogP contribution is 2.16. The molecule has 0 aliphatic carbocycles. The standard InChI is InChI=1S/C6H8N4O2S/c7-4-3(10-12)1-2(5(8)11)6(13)9-4/h1,10,12H,(H2,8,11)(H3,7,9,13). The molecule has 70 valence electrons. The number of H-pyrrole nitrogens is 1. The highest BCUT2D eigenvalue weighted by Gasteiger charge is 2.07. The van der Waals surface area contributed by atoms with Crippen LogP contribution in [0.25, 0.3) is 0 Å². The lowest BCUT2D eigenvalue weighted by Gasteiger charge is -2.05. The summed E-state index contributed by atoms with van der Waals surface area (Å²) in [5.74, 6) is -0.546. The number of amides is 1. The summed E-state index contributed by atoms with van der Waals surface area (Å²) < 4.78 is 0.143. The van der Waals surface area contributed by atoms with E-state index in [1.165, 1.54) is 6.07 Å². The molecule has 7 N–H and O–H groups in total. The van der Waals surface area contributed by atoms with Crippen LogP contribution in [0.5, 0.6) is 0 Å². The van der Waals surface area contributed by atoms with Crippen LogP contribution in [0.4, 0.5) is 11.5 Å². The predicted molar refractivity (Wildman–Crippen MR) is 50.0 cm³/mol. The predicted octanol–water partition coefficient (Wildman–Crippen LogP) is 0.226. The Bertz CT molecular complexity index is 400. The Morgan fingerprint density at radius 2 is 2.31 bits per heavy atom. The lowest BCUT2D eigenvalue weighted by atomic mass is 10.2. The van der Waals surface area contributed by atoms with Crippen LogP contribution in [0.15, 0.2) is 6.07 Å². The van der Waals surface area contributed by atoms with Gasteiger partial charge in [-0.1, -0.05) is 12.2 Å².